The molecule has 0 atom stereocenters. The van der Waals surface area contributed by atoms with Gasteiger partial charge < -0.3 is 10.1 Å². The summed E-state index contributed by atoms with van der Waals surface area (Å²) in [5.74, 6) is 1.51. The first-order chi connectivity index (χ1) is 8.33. The van der Waals surface area contributed by atoms with E-state index in [1.54, 1.807) is 0 Å². The van der Waals surface area contributed by atoms with Crippen molar-refractivity contribution in [2.75, 3.05) is 13.1 Å². The third-order valence-electron chi connectivity index (χ3n) is 3.58. The van der Waals surface area contributed by atoms with Crippen LogP contribution in [0, 0.1) is 0 Å². The van der Waals surface area contributed by atoms with E-state index in [4.69, 9.17) is 16.3 Å². The summed E-state index contributed by atoms with van der Waals surface area (Å²) in [6.45, 7) is 2.23. The molecule has 1 aromatic carbocycles. The second-order valence-corrected chi connectivity index (χ2v) is 5.44. The van der Waals surface area contributed by atoms with E-state index in [-0.39, 0.29) is 0 Å². The molecule has 17 heavy (non-hydrogen) atoms. The van der Waals surface area contributed by atoms with E-state index in [1.807, 2.05) is 6.07 Å². The molecule has 0 bridgehead atoms. The molecule has 0 radical (unpaired) electrons. The highest BCUT2D eigenvalue weighted by Crippen LogP contribution is 2.35. The van der Waals surface area contributed by atoms with Crippen molar-refractivity contribution in [3.05, 3.63) is 28.8 Å². The van der Waals surface area contributed by atoms with Gasteiger partial charge in [0.05, 0.1) is 11.1 Å². The maximum Gasteiger partial charge on any atom is 0.138 e. The molecule has 1 saturated carbocycles. The predicted octanol–water partition coefficient (Wildman–Crippen LogP) is 3.35. The smallest absolute Gasteiger partial charge is 0.138 e. The number of hydrogen-bond acceptors (Lipinski definition) is 2. The molecule has 0 spiro atoms. The zero-order valence-electron chi connectivity index (χ0n) is 9.92. The molecule has 3 rings (SSSR count). The second kappa shape index (κ2) is 4.87. The minimum atomic E-state index is 0.414. The fourth-order valence-electron chi connectivity index (χ4n) is 2.39. The Bertz CT molecular complexity index is 397. The molecule has 2 aliphatic rings. The Labute approximate surface area is 107 Å². The lowest BCUT2D eigenvalue weighted by Crippen LogP contribution is -2.26. The van der Waals surface area contributed by atoms with Crippen LogP contribution in [0.4, 0.5) is 0 Å². The molecule has 1 aliphatic heterocycles. The van der Waals surface area contributed by atoms with Crippen molar-refractivity contribution in [2.24, 2.45) is 0 Å². The van der Waals surface area contributed by atoms with Gasteiger partial charge in [0, 0.05) is 0 Å². The van der Waals surface area contributed by atoms with Crippen molar-refractivity contribution in [3.8, 4) is 5.75 Å². The van der Waals surface area contributed by atoms with Gasteiger partial charge in [-0.1, -0.05) is 17.7 Å². The molecule has 2 fully saturated rings. The van der Waals surface area contributed by atoms with Gasteiger partial charge >= 0.3 is 0 Å². The fourth-order valence-corrected chi connectivity index (χ4v) is 2.62. The number of benzene rings is 1. The van der Waals surface area contributed by atoms with Gasteiger partial charge in [0.1, 0.15) is 5.75 Å². The molecule has 0 amide bonds. The van der Waals surface area contributed by atoms with Crippen molar-refractivity contribution in [1.29, 1.82) is 0 Å². The van der Waals surface area contributed by atoms with Crippen molar-refractivity contribution < 1.29 is 4.74 Å². The molecule has 0 unspecified atom stereocenters. The first-order valence-electron chi connectivity index (χ1n) is 6.50. The van der Waals surface area contributed by atoms with E-state index in [0.717, 1.165) is 23.9 Å². The van der Waals surface area contributed by atoms with Gasteiger partial charge in [-0.25, -0.2) is 0 Å². The first-order valence-corrected chi connectivity index (χ1v) is 6.87. The highest BCUT2D eigenvalue weighted by Gasteiger charge is 2.24. The van der Waals surface area contributed by atoms with Crippen LogP contribution in [0.15, 0.2) is 18.2 Å². The lowest BCUT2D eigenvalue weighted by atomic mass is 9.90. The van der Waals surface area contributed by atoms with Crippen molar-refractivity contribution in [1.82, 2.24) is 5.32 Å². The first kappa shape index (κ1) is 11.4. The van der Waals surface area contributed by atoms with E-state index in [9.17, 15) is 0 Å². The van der Waals surface area contributed by atoms with Crippen LogP contribution >= 0.6 is 11.6 Å². The molecular formula is C14H18ClNO. The number of piperidine rings is 1. The van der Waals surface area contributed by atoms with E-state index in [1.165, 1.54) is 31.2 Å². The van der Waals surface area contributed by atoms with Crippen LogP contribution in [-0.2, 0) is 0 Å². The van der Waals surface area contributed by atoms with Gasteiger partial charge in [0.2, 0.25) is 0 Å². The Kier molecular flexibility index (Phi) is 3.26. The molecule has 0 aromatic heterocycles. The summed E-state index contributed by atoms with van der Waals surface area (Å²) >= 11 is 6.28. The van der Waals surface area contributed by atoms with E-state index in [2.05, 4.69) is 17.4 Å². The summed E-state index contributed by atoms with van der Waals surface area (Å²) in [5, 5.41) is 4.16. The zero-order valence-corrected chi connectivity index (χ0v) is 10.7. The van der Waals surface area contributed by atoms with Gasteiger partial charge in [-0.15, -0.1) is 0 Å². The minimum absolute atomic E-state index is 0.414. The fraction of sp³-hybridized carbons (Fsp3) is 0.571. The van der Waals surface area contributed by atoms with Gasteiger partial charge in [0.15, 0.2) is 0 Å². The Balaban J connectivity index is 1.74. The maximum atomic E-state index is 6.28. The van der Waals surface area contributed by atoms with Crippen molar-refractivity contribution in [2.45, 2.75) is 37.7 Å². The quantitative estimate of drug-likeness (QED) is 0.890. The molecule has 1 aromatic rings. The SMILES string of the molecule is Clc1cc(C2CCNCC2)ccc1OC1CC1. The van der Waals surface area contributed by atoms with Crippen LogP contribution in [0.1, 0.15) is 37.2 Å². The molecule has 92 valence electrons. The number of nitrogens with one attached hydrogen (secondary N) is 1. The molecule has 1 saturated heterocycles. The topological polar surface area (TPSA) is 21.3 Å². The summed E-state index contributed by atoms with van der Waals surface area (Å²) in [5.41, 5.74) is 1.36. The average Bonchev–Trinajstić information content (AvgIpc) is 3.17. The highest BCUT2D eigenvalue weighted by molar-refractivity contribution is 6.32. The summed E-state index contributed by atoms with van der Waals surface area (Å²) < 4.78 is 5.75. The molecular weight excluding hydrogens is 234 g/mol. The van der Waals surface area contributed by atoms with Crippen LogP contribution in [0.3, 0.4) is 0 Å². The van der Waals surface area contributed by atoms with E-state index < -0.39 is 0 Å². The second-order valence-electron chi connectivity index (χ2n) is 5.03. The molecule has 1 heterocycles. The third kappa shape index (κ3) is 2.75. The lowest BCUT2D eigenvalue weighted by molar-refractivity contribution is 0.303. The zero-order chi connectivity index (χ0) is 11.7. The monoisotopic (exact) mass is 251 g/mol. The largest absolute Gasteiger partial charge is 0.489 e. The van der Waals surface area contributed by atoms with Gasteiger partial charge in [-0.05, 0) is 62.4 Å². The maximum absolute atomic E-state index is 6.28. The summed E-state index contributed by atoms with van der Waals surface area (Å²) in [7, 11) is 0. The summed E-state index contributed by atoms with van der Waals surface area (Å²) in [6.07, 6.45) is 5.18. The van der Waals surface area contributed by atoms with Crippen LogP contribution in [-0.4, -0.2) is 19.2 Å². The van der Waals surface area contributed by atoms with E-state index in [0.29, 0.717) is 12.0 Å². The van der Waals surface area contributed by atoms with Gasteiger partial charge in [-0.2, -0.15) is 0 Å². The van der Waals surface area contributed by atoms with Crippen LogP contribution < -0.4 is 10.1 Å². The Morgan fingerprint density at radius 1 is 1.12 bits per heavy atom. The predicted molar refractivity (Wildman–Crippen MR) is 69.9 cm³/mol. The standard InChI is InChI=1S/C14H18ClNO/c15-13-9-11(10-5-7-16-8-6-10)1-4-14(13)17-12-2-3-12/h1,4,9-10,12,16H,2-3,5-8H2. The highest BCUT2D eigenvalue weighted by atomic mass is 35.5. The Morgan fingerprint density at radius 3 is 2.53 bits per heavy atom. The summed E-state index contributed by atoms with van der Waals surface area (Å²) in [6, 6.07) is 6.31. The number of ether oxygens (including phenoxy) is 1. The molecule has 3 heteroatoms. The minimum Gasteiger partial charge on any atom is -0.489 e. The normalized spacial score (nSPS) is 21.5. The van der Waals surface area contributed by atoms with Crippen LogP contribution in [0.2, 0.25) is 5.02 Å². The van der Waals surface area contributed by atoms with Crippen molar-refractivity contribution in [3.63, 3.8) is 0 Å². The number of halogens is 1. The number of hydrogen-bond donors (Lipinski definition) is 1. The van der Waals surface area contributed by atoms with Gasteiger partial charge in [-0.3, -0.25) is 0 Å². The number of rotatable bonds is 3. The summed E-state index contributed by atoms with van der Waals surface area (Å²) in [4.78, 5) is 0. The molecule has 1 aliphatic carbocycles. The average molecular weight is 252 g/mol. The van der Waals surface area contributed by atoms with Crippen molar-refractivity contribution >= 4 is 11.6 Å². The van der Waals surface area contributed by atoms with Crippen LogP contribution in [0.5, 0.6) is 5.75 Å². The third-order valence-corrected chi connectivity index (χ3v) is 3.88. The lowest BCUT2D eigenvalue weighted by Gasteiger charge is -2.23. The van der Waals surface area contributed by atoms with E-state index >= 15 is 0 Å². The molecule has 2 nitrogen and oxygen atoms in total. The molecule has 1 N–H and O–H groups in total. The Morgan fingerprint density at radius 2 is 1.88 bits per heavy atom. The Hall–Kier alpha value is -0.730. The van der Waals surface area contributed by atoms with Crippen LogP contribution in [0.25, 0.3) is 0 Å². The van der Waals surface area contributed by atoms with Gasteiger partial charge in [0.25, 0.3) is 0 Å².